The molecule has 7 heteroatoms. The molecule has 0 bridgehead atoms. The molecular weight excluding hydrogens is 226 g/mol. The molecule has 0 unspecified atom stereocenters. The maximum Gasteiger partial charge on any atom is 0.425 e. The van der Waals surface area contributed by atoms with E-state index in [1.807, 2.05) is 5.43 Å². The van der Waals surface area contributed by atoms with Crippen LogP contribution in [0.25, 0.3) is 0 Å². The summed E-state index contributed by atoms with van der Waals surface area (Å²) in [6.07, 6.45) is -0.759. The van der Waals surface area contributed by atoms with Crippen LogP contribution in [0.3, 0.4) is 0 Å². The molecule has 1 aromatic rings. The average Bonchev–Trinajstić information content (AvgIpc) is 2.36. The number of nitrogens with one attached hydrogen (secondary N) is 3. The fraction of sp³-hybridized carbons (Fsp3) is 0.200. The van der Waals surface area contributed by atoms with Crippen molar-refractivity contribution in [2.75, 3.05) is 19.5 Å². The van der Waals surface area contributed by atoms with Crippen molar-refractivity contribution >= 4 is 17.8 Å². The van der Waals surface area contributed by atoms with E-state index in [0.717, 1.165) is 0 Å². The molecule has 0 atom stereocenters. The van der Waals surface area contributed by atoms with Gasteiger partial charge in [0.05, 0.1) is 14.2 Å². The highest BCUT2D eigenvalue weighted by Gasteiger charge is 2.04. The van der Waals surface area contributed by atoms with E-state index in [2.05, 4.69) is 15.5 Å². The van der Waals surface area contributed by atoms with E-state index >= 15 is 0 Å². The van der Waals surface area contributed by atoms with Crippen molar-refractivity contribution in [2.45, 2.75) is 0 Å². The Kier molecular flexibility index (Phi) is 4.61. The fourth-order valence-electron chi connectivity index (χ4n) is 1.02. The normalized spacial score (nSPS) is 9.06. The van der Waals surface area contributed by atoms with Gasteiger partial charge in [-0.05, 0) is 12.1 Å². The number of hydrogen-bond donors (Lipinski definition) is 3. The predicted molar refractivity (Wildman–Crippen MR) is 60.7 cm³/mol. The van der Waals surface area contributed by atoms with Crippen molar-refractivity contribution in [1.82, 2.24) is 10.9 Å². The van der Waals surface area contributed by atoms with Crippen LogP contribution in [-0.4, -0.2) is 26.3 Å². The Morgan fingerprint density at radius 2 is 1.94 bits per heavy atom. The first-order valence-corrected chi connectivity index (χ1v) is 4.70. The van der Waals surface area contributed by atoms with E-state index in [1.165, 1.54) is 14.2 Å². The Bertz CT molecular complexity index is 408. The van der Waals surface area contributed by atoms with Crippen molar-refractivity contribution in [1.29, 1.82) is 0 Å². The maximum atomic E-state index is 11.3. The molecule has 0 aliphatic heterocycles. The summed E-state index contributed by atoms with van der Waals surface area (Å²) in [7, 11) is 2.72. The molecule has 1 rings (SSSR count). The quantitative estimate of drug-likeness (QED) is 0.674. The molecule has 0 aliphatic carbocycles. The number of ether oxygens (including phenoxy) is 2. The second-order valence-electron chi connectivity index (χ2n) is 2.93. The minimum absolute atomic E-state index is 0.536. The first kappa shape index (κ1) is 12.6. The molecule has 3 N–H and O–H groups in total. The van der Waals surface area contributed by atoms with Crippen molar-refractivity contribution in [3.63, 3.8) is 0 Å². The Hall–Kier alpha value is -2.44. The van der Waals surface area contributed by atoms with Crippen LogP contribution in [0.4, 0.5) is 15.3 Å². The number of methoxy groups -OCH3 is 2. The lowest BCUT2D eigenvalue weighted by molar-refractivity contribution is 0.166. The van der Waals surface area contributed by atoms with Gasteiger partial charge in [-0.25, -0.2) is 20.4 Å². The fourth-order valence-corrected chi connectivity index (χ4v) is 1.02. The molecule has 17 heavy (non-hydrogen) atoms. The summed E-state index contributed by atoms with van der Waals surface area (Å²) in [6, 6.07) is 6.19. The molecule has 0 fully saturated rings. The number of carbonyl (C=O) groups excluding carboxylic acids is 2. The molecule has 0 spiro atoms. The summed E-state index contributed by atoms with van der Waals surface area (Å²) in [4.78, 5) is 22.0. The predicted octanol–water partition coefficient (Wildman–Crippen LogP) is 1.09. The minimum Gasteiger partial charge on any atom is -0.497 e. The Labute approximate surface area is 98.1 Å². The third-order valence-corrected chi connectivity index (χ3v) is 1.79. The number of anilines is 1. The second-order valence-corrected chi connectivity index (χ2v) is 2.93. The van der Waals surface area contributed by atoms with Gasteiger partial charge in [-0.1, -0.05) is 6.07 Å². The zero-order valence-corrected chi connectivity index (χ0v) is 9.44. The number of hydrogen-bond acceptors (Lipinski definition) is 4. The summed E-state index contributed by atoms with van der Waals surface area (Å²) in [5, 5.41) is 2.50. The molecule has 0 radical (unpaired) electrons. The van der Waals surface area contributed by atoms with Crippen molar-refractivity contribution in [2.24, 2.45) is 0 Å². The largest absolute Gasteiger partial charge is 0.497 e. The highest BCUT2D eigenvalue weighted by Crippen LogP contribution is 2.16. The van der Waals surface area contributed by atoms with Gasteiger partial charge < -0.3 is 14.8 Å². The second kappa shape index (κ2) is 6.21. The highest BCUT2D eigenvalue weighted by atomic mass is 16.5. The number of hydrazine groups is 1. The number of urea groups is 1. The van der Waals surface area contributed by atoms with Crippen LogP contribution in [0.15, 0.2) is 24.3 Å². The Morgan fingerprint density at radius 3 is 2.59 bits per heavy atom. The molecule has 0 saturated heterocycles. The molecule has 1 aromatic carbocycles. The van der Waals surface area contributed by atoms with Gasteiger partial charge in [0.15, 0.2) is 0 Å². The van der Waals surface area contributed by atoms with Crippen LogP contribution >= 0.6 is 0 Å². The zero-order valence-electron chi connectivity index (χ0n) is 9.44. The lowest BCUT2D eigenvalue weighted by atomic mass is 10.3. The third-order valence-electron chi connectivity index (χ3n) is 1.79. The molecular formula is C10H13N3O4. The molecule has 0 saturated carbocycles. The molecule has 0 heterocycles. The van der Waals surface area contributed by atoms with Gasteiger partial charge >= 0.3 is 12.1 Å². The maximum absolute atomic E-state index is 11.3. The minimum atomic E-state index is -0.759. The molecule has 0 aromatic heterocycles. The van der Waals surface area contributed by atoms with Crippen LogP contribution in [-0.2, 0) is 4.74 Å². The van der Waals surface area contributed by atoms with Crippen LogP contribution in [0.1, 0.15) is 0 Å². The average molecular weight is 239 g/mol. The molecule has 0 aliphatic rings. The Balaban J connectivity index is 2.47. The van der Waals surface area contributed by atoms with E-state index in [-0.39, 0.29) is 0 Å². The van der Waals surface area contributed by atoms with Gasteiger partial charge in [-0.15, -0.1) is 0 Å². The van der Waals surface area contributed by atoms with Gasteiger partial charge in [-0.2, -0.15) is 0 Å². The van der Waals surface area contributed by atoms with Crippen LogP contribution in [0.2, 0.25) is 0 Å². The lowest BCUT2D eigenvalue weighted by Crippen LogP contribution is -2.43. The smallest absolute Gasteiger partial charge is 0.425 e. The van der Waals surface area contributed by atoms with Gasteiger partial charge in [0.1, 0.15) is 5.75 Å². The molecule has 3 amide bonds. The van der Waals surface area contributed by atoms with E-state index in [1.54, 1.807) is 24.3 Å². The topological polar surface area (TPSA) is 88.7 Å². The number of benzene rings is 1. The van der Waals surface area contributed by atoms with E-state index in [0.29, 0.717) is 11.4 Å². The number of rotatable bonds is 2. The van der Waals surface area contributed by atoms with E-state index in [9.17, 15) is 9.59 Å². The first-order chi connectivity index (χ1) is 8.15. The van der Waals surface area contributed by atoms with E-state index < -0.39 is 12.1 Å². The highest BCUT2D eigenvalue weighted by molar-refractivity contribution is 5.90. The SMILES string of the molecule is COC(=O)NNC(=O)Nc1cccc(OC)c1. The molecule has 7 nitrogen and oxygen atoms in total. The lowest BCUT2D eigenvalue weighted by Gasteiger charge is -2.08. The zero-order chi connectivity index (χ0) is 12.7. The third kappa shape index (κ3) is 4.29. The first-order valence-electron chi connectivity index (χ1n) is 4.70. The number of carbonyl (C=O) groups is 2. The van der Waals surface area contributed by atoms with Crippen molar-refractivity contribution in [3.05, 3.63) is 24.3 Å². The summed E-state index contributed by atoms with van der Waals surface area (Å²) in [5.41, 5.74) is 4.67. The standard InChI is InChI=1S/C10H13N3O4/c1-16-8-5-3-4-7(6-8)11-9(14)12-13-10(15)17-2/h3-6H,1-2H3,(H,13,15)(H2,11,12,14). The van der Waals surface area contributed by atoms with Crippen LogP contribution in [0.5, 0.6) is 5.75 Å². The Morgan fingerprint density at radius 1 is 1.18 bits per heavy atom. The summed E-state index contributed by atoms with van der Waals surface area (Å²) in [6.45, 7) is 0. The van der Waals surface area contributed by atoms with Gasteiger partial charge in [0.2, 0.25) is 0 Å². The monoisotopic (exact) mass is 239 g/mol. The summed E-state index contributed by atoms with van der Waals surface area (Å²) >= 11 is 0. The van der Waals surface area contributed by atoms with Crippen LogP contribution < -0.4 is 20.9 Å². The summed E-state index contributed by atoms with van der Waals surface area (Å²) in [5.74, 6) is 0.615. The van der Waals surface area contributed by atoms with E-state index in [4.69, 9.17) is 4.74 Å². The van der Waals surface area contributed by atoms with Crippen LogP contribution in [0, 0.1) is 0 Å². The van der Waals surface area contributed by atoms with Gasteiger partial charge in [-0.3, -0.25) is 0 Å². The summed E-state index contributed by atoms with van der Waals surface area (Å²) < 4.78 is 9.27. The van der Waals surface area contributed by atoms with Crippen molar-refractivity contribution in [3.8, 4) is 5.75 Å². The van der Waals surface area contributed by atoms with Crippen molar-refractivity contribution < 1.29 is 19.1 Å². The van der Waals surface area contributed by atoms with Gasteiger partial charge in [0.25, 0.3) is 0 Å². The molecule has 92 valence electrons. The van der Waals surface area contributed by atoms with Gasteiger partial charge in [0, 0.05) is 11.8 Å². The number of amides is 3.